The number of anilines is 1. The van der Waals surface area contributed by atoms with Crippen LogP contribution in [0.5, 0.6) is 0 Å². The Morgan fingerprint density at radius 3 is 3.09 bits per heavy atom. The molecule has 2 aromatic rings. The minimum absolute atomic E-state index is 0.230. The number of hydrazine groups is 1. The second kappa shape index (κ2) is 5.94. The van der Waals surface area contributed by atoms with E-state index in [1.807, 2.05) is 6.07 Å². The van der Waals surface area contributed by atoms with E-state index < -0.39 is 6.09 Å². The molecule has 1 amide bonds. The molecular formula is C14H16ClN5O2. The standard InChI is InChI=1S/C14H16ClN5O2/c15-13-6-10-11(7-18-13)17-4-3-12(10)19-5-1-2-9(8-19)20(16)14(21)22/h3-4,6-7,9H,1-2,5,8,16H2,(H,21,22)/t9-/m0/s1. The molecule has 3 rings (SSSR count). The molecule has 1 aliphatic heterocycles. The number of carbonyl (C=O) groups is 1. The van der Waals surface area contributed by atoms with Gasteiger partial charge < -0.3 is 10.0 Å². The fraction of sp³-hybridized carbons (Fsp3) is 0.357. The molecular weight excluding hydrogens is 306 g/mol. The number of pyridine rings is 2. The van der Waals surface area contributed by atoms with Crippen molar-refractivity contribution in [3.05, 3.63) is 29.7 Å². The van der Waals surface area contributed by atoms with Crippen LogP contribution in [0, 0.1) is 0 Å². The zero-order valence-electron chi connectivity index (χ0n) is 11.8. The van der Waals surface area contributed by atoms with E-state index in [-0.39, 0.29) is 6.04 Å². The maximum Gasteiger partial charge on any atom is 0.421 e. The molecule has 2 aromatic heterocycles. The molecule has 1 fully saturated rings. The van der Waals surface area contributed by atoms with Crippen LogP contribution in [0.15, 0.2) is 24.5 Å². The minimum atomic E-state index is -1.11. The average molecular weight is 322 g/mol. The van der Waals surface area contributed by atoms with Gasteiger partial charge in [0, 0.05) is 30.4 Å². The van der Waals surface area contributed by atoms with E-state index in [2.05, 4.69) is 14.9 Å². The van der Waals surface area contributed by atoms with Gasteiger partial charge in [0.15, 0.2) is 0 Å². The SMILES string of the molecule is NN(C(=O)O)[C@H]1CCCN(c2ccnc3cnc(Cl)cc23)C1. The molecule has 8 heteroatoms. The van der Waals surface area contributed by atoms with E-state index in [4.69, 9.17) is 22.6 Å². The Kier molecular flexibility index (Phi) is 4.00. The van der Waals surface area contributed by atoms with Crippen LogP contribution in [0.2, 0.25) is 5.15 Å². The normalized spacial score (nSPS) is 18.5. The number of nitrogens with zero attached hydrogens (tertiary/aromatic N) is 4. The molecule has 1 atom stereocenters. The Balaban J connectivity index is 1.93. The van der Waals surface area contributed by atoms with Gasteiger partial charge >= 0.3 is 6.09 Å². The molecule has 22 heavy (non-hydrogen) atoms. The van der Waals surface area contributed by atoms with Crippen molar-refractivity contribution in [3.8, 4) is 0 Å². The number of amides is 1. The van der Waals surface area contributed by atoms with E-state index in [0.717, 1.165) is 41.0 Å². The van der Waals surface area contributed by atoms with E-state index in [1.54, 1.807) is 18.5 Å². The summed E-state index contributed by atoms with van der Waals surface area (Å²) < 4.78 is 0. The highest BCUT2D eigenvalue weighted by molar-refractivity contribution is 6.30. The monoisotopic (exact) mass is 321 g/mol. The lowest BCUT2D eigenvalue weighted by Crippen LogP contribution is -2.53. The van der Waals surface area contributed by atoms with Gasteiger partial charge in [-0.05, 0) is 25.0 Å². The molecule has 0 aliphatic carbocycles. The summed E-state index contributed by atoms with van der Waals surface area (Å²) in [7, 11) is 0. The predicted octanol–water partition coefficient (Wildman–Crippen LogP) is 2.11. The fourth-order valence-corrected chi connectivity index (χ4v) is 3.00. The first kappa shape index (κ1) is 14.8. The Labute approximate surface area is 132 Å². The zero-order chi connectivity index (χ0) is 15.7. The summed E-state index contributed by atoms with van der Waals surface area (Å²) >= 11 is 5.99. The van der Waals surface area contributed by atoms with Crippen molar-refractivity contribution in [3.63, 3.8) is 0 Å². The number of nitrogens with two attached hydrogens (primary N) is 1. The Morgan fingerprint density at radius 2 is 2.32 bits per heavy atom. The predicted molar refractivity (Wildman–Crippen MR) is 83.8 cm³/mol. The largest absolute Gasteiger partial charge is 0.464 e. The molecule has 7 nitrogen and oxygen atoms in total. The van der Waals surface area contributed by atoms with Crippen molar-refractivity contribution in [2.75, 3.05) is 18.0 Å². The van der Waals surface area contributed by atoms with Crippen molar-refractivity contribution >= 4 is 34.3 Å². The van der Waals surface area contributed by atoms with Crippen LogP contribution in [-0.2, 0) is 0 Å². The number of halogens is 1. The van der Waals surface area contributed by atoms with Crippen molar-refractivity contribution in [1.29, 1.82) is 0 Å². The second-order valence-corrected chi connectivity index (χ2v) is 5.67. The first-order valence-electron chi connectivity index (χ1n) is 6.98. The van der Waals surface area contributed by atoms with Crippen molar-refractivity contribution in [1.82, 2.24) is 15.0 Å². The third kappa shape index (κ3) is 2.77. The van der Waals surface area contributed by atoms with Gasteiger partial charge in [0.2, 0.25) is 0 Å². The molecule has 0 spiro atoms. The second-order valence-electron chi connectivity index (χ2n) is 5.29. The molecule has 0 bridgehead atoms. The molecule has 116 valence electrons. The molecule has 3 heterocycles. The summed E-state index contributed by atoms with van der Waals surface area (Å²) in [5.41, 5.74) is 1.73. The Morgan fingerprint density at radius 1 is 1.50 bits per heavy atom. The molecule has 0 saturated carbocycles. The summed E-state index contributed by atoms with van der Waals surface area (Å²) in [6, 6.07) is 3.45. The number of aromatic nitrogens is 2. The van der Waals surface area contributed by atoms with Gasteiger partial charge in [0.1, 0.15) is 5.15 Å². The van der Waals surface area contributed by atoms with Crippen LogP contribution in [0.25, 0.3) is 10.9 Å². The van der Waals surface area contributed by atoms with Crippen LogP contribution < -0.4 is 10.7 Å². The van der Waals surface area contributed by atoms with Gasteiger partial charge in [0.05, 0.1) is 17.8 Å². The lowest BCUT2D eigenvalue weighted by atomic mass is 10.0. The third-order valence-corrected chi connectivity index (χ3v) is 4.13. The summed E-state index contributed by atoms with van der Waals surface area (Å²) in [5, 5.41) is 11.2. The first-order chi connectivity index (χ1) is 10.6. The molecule has 3 N–H and O–H groups in total. The Bertz CT molecular complexity index is 711. The van der Waals surface area contributed by atoms with Crippen molar-refractivity contribution in [2.45, 2.75) is 18.9 Å². The van der Waals surface area contributed by atoms with Gasteiger partial charge in [-0.3, -0.25) is 4.98 Å². The van der Waals surface area contributed by atoms with Gasteiger partial charge in [-0.15, -0.1) is 0 Å². The van der Waals surface area contributed by atoms with Crippen LogP contribution in [0.1, 0.15) is 12.8 Å². The van der Waals surface area contributed by atoms with Crippen LogP contribution in [0.3, 0.4) is 0 Å². The number of piperidine rings is 1. The van der Waals surface area contributed by atoms with E-state index in [1.165, 1.54) is 0 Å². The van der Waals surface area contributed by atoms with E-state index in [9.17, 15) is 4.79 Å². The van der Waals surface area contributed by atoms with Gasteiger partial charge in [-0.1, -0.05) is 11.6 Å². The average Bonchev–Trinajstić information content (AvgIpc) is 2.53. The van der Waals surface area contributed by atoms with Crippen LogP contribution in [0.4, 0.5) is 10.5 Å². The lowest BCUT2D eigenvalue weighted by Gasteiger charge is -2.37. The number of fused-ring (bicyclic) bond motifs is 1. The number of hydrogen-bond acceptors (Lipinski definition) is 5. The lowest BCUT2D eigenvalue weighted by molar-refractivity contribution is 0.119. The fourth-order valence-electron chi connectivity index (χ4n) is 2.84. The highest BCUT2D eigenvalue weighted by Gasteiger charge is 2.27. The molecule has 1 aliphatic rings. The van der Waals surface area contributed by atoms with E-state index in [0.29, 0.717) is 11.7 Å². The maximum atomic E-state index is 11.0. The topological polar surface area (TPSA) is 95.6 Å². The highest BCUT2D eigenvalue weighted by atomic mass is 35.5. The quantitative estimate of drug-likeness (QED) is 0.380. The number of hydrogen-bond donors (Lipinski definition) is 2. The summed E-state index contributed by atoms with van der Waals surface area (Å²) in [5.74, 6) is 5.63. The summed E-state index contributed by atoms with van der Waals surface area (Å²) in [6.07, 6.45) is 3.86. The van der Waals surface area contributed by atoms with Crippen LogP contribution in [-0.4, -0.2) is 45.3 Å². The Hall–Kier alpha value is -2.12. The minimum Gasteiger partial charge on any atom is -0.464 e. The summed E-state index contributed by atoms with van der Waals surface area (Å²) in [4.78, 5) is 21.5. The molecule has 1 saturated heterocycles. The van der Waals surface area contributed by atoms with Gasteiger partial charge in [-0.2, -0.15) is 0 Å². The van der Waals surface area contributed by atoms with Crippen molar-refractivity contribution < 1.29 is 9.90 Å². The zero-order valence-corrected chi connectivity index (χ0v) is 12.6. The van der Waals surface area contributed by atoms with E-state index >= 15 is 0 Å². The highest BCUT2D eigenvalue weighted by Crippen LogP contribution is 2.29. The van der Waals surface area contributed by atoms with Gasteiger partial charge in [-0.25, -0.2) is 20.6 Å². The molecule has 0 aromatic carbocycles. The third-order valence-electron chi connectivity index (χ3n) is 3.92. The maximum absolute atomic E-state index is 11.0. The molecule has 0 radical (unpaired) electrons. The van der Waals surface area contributed by atoms with Gasteiger partial charge in [0.25, 0.3) is 0 Å². The smallest absolute Gasteiger partial charge is 0.421 e. The van der Waals surface area contributed by atoms with Crippen molar-refractivity contribution in [2.24, 2.45) is 5.84 Å². The first-order valence-corrected chi connectivity index (χ1v) is 7.36. The van der Waals surface area contributed by atoms with Crippen LogP contribution >= 0.6 is 11.6 Å². The molecule has 0 unspecified atom stereocenters. The number of carboxylic acid groups (broad SMARTS) is 1. The summed E-state index contributed by atoms with van der Waals surface area (Å²) in [6.45, 7) is 1.38. The number of rotatable bonds is 2.